The van der Waals surface area contributed by atoms with Crippen molar-refractivity contribution in [2.75, 3.05) is 30.3 Å². The molecular weight excluding hydrogens is 474 g/mol. The van der Waals surface area contributed by atoms with E-state index in [0.717, 1.165) is 24.1 Å². The Morgan fingerprint density at radius 3 is 2.34 bits per heavy atom. The molecule has 3 aromatic rings. The zero-order valence-corrected chi connectivity index (χ0v) is 22.3. The largest absolute Gasteiger partial charge is 0.383 e. The predicted molar refractivity (Wildman–Crippen MR) is 151 cm³/mol. The fourth-order valence-electron chi connectivity index (χ4n) is 4.70. The Balaban J connectivity index is 1.33. The molecule has 0 atom stereocenters. The lowest BCUT2D eigenvalue weighted by Gasteiger charge is -2.32. The van der Waals surface area contributed by atoms with Crippen LogP contribution in [0.2, 0.25) is 0 Å². The van der Waals surface area contributed by atoms with Gasteiger partial charge in [-0.3, -0.25) is 4.79 Å². The number of urea groups is 1. The summed E-state index contributed by atoms with van der Waals surface area (Å²) in [7, 11) is 0. The molecule has 1 aliphatic heterocycles. The molecule has 0 radical (unpaired) electrons. The molecule has 38 heavy (non-hydrogen) atoms. The molecule has 4 rings (SSSR count). The van der Waals surface area contributed by atoms with E-state index in [2.05, 4.69) is 22.0 Å². The van der Waals surface area contributed by atoms with Crippen LogP contribution in [0.4, 0.5) is 16.2 Å². The first-order valence-electron chi connectivity index (χ1n) is 13.0. The van der Waals surface area contributed by atoms with Crippen molar-refractivity contribution in [1.29, 1.82) is 5.26 Å². The summed E-state index contributed by atoms with van der Waals surface area (Å²) in [5.41, 5.74) is 4.43. The average molecular weight is 510 g/mol. The highest BCUT2D eigenvalue weighted by Crippen LogP contribution is 2.29. The molecule has 7 heteroatoms. The highest BCUT2D eigenvalue weighted by Gasteiger charge is 2.25. The molecule has 0 aromatic heterocycles. The topological polar surface area (TPSA) is 97.3 Å². The van der Waals surface area contributed by atoms with Gasteiger partial charge in [0, 0.05) is 36.6 Å². The van der Waals surface area contributed by atoms with E-state index in [1.165, 1.54) is 5.56 Å². The Morgan fingerprint density at radius 2 is 1.68 bits per heavy atom. The van der Waals surface area contributed by atoms with Crippen LogP contribution in [-0.4, -0.2) is 42.0 Å². The van der Waals surface area contributed by atoms with Crippen LogP contribution in [0.5, 0.6) is 0 Å². The van der Waals surface area contributed by atoms with Crippen molar-refractivity contribution in [3.63, 3.8) is 0 Å². The standard InChI is InChI=1S/C31H35N5O2/c1-22-9-12-26(29(37)36-17-15-25(16-18-36)24-13-10-23(20-32)11-14-24)19-28(22)34-30(38)35-31(2,3)21-33-27-7-5-4-6-8-27/h4-14,19,25,33H,15-18,21H2,1-3H3,(H2,34,35,38). The predicted octanol–water partition coefficient (Wildman–Crippen LogP) is 5.90. The van der Waals surface area contributed by atoms with Gasteiger partial charge in [0.05, 0.1) is 17.2 Å². The lowest BCUT2D eigenvalue weighted by Crippen LogP contribution is -2.50. The maximum atomic E-state index is 13.3. The number of para-hydroxylation sites is 1. The Bertz CT molecular complexity index is 1300. The number of hydrogen-bond donors (Lipinski definition) is 3. The molecule has 1 fully saturated rings. The SMILES string of the molecule is Cc1ccc(C(=O)N2CCC(c3ccc(C#N)cc3)CC2)cc1NC(=O)NC(C)(C)CNc1ccccc1. The maximum Gasteiger partial charge on any atom is 0.319 e. The van der Waals surface area contributed by atoms with Gasteiger partial charge in [-0.1, -0.05) is 36.4 Å². The number of carbonyl (C=O) groups excluding carboxylic acids is 2. The van der Waals surface area contributed by atoms with Crippen molar-refractivity contribution in [3.05, 3.63) is 95.1 Å². The molecule has 7 nitrogen and oxygen atoms in total. The number of aryl methyl sites for hydroxylation is 1. The first-order valence-corrected chi connectivity index (χ1v) is 13.0. The fraction of sp³-hybridized carbons (Fsp3) is 0.323. The summed E-state index contributed by atoms with van der Waals surface area (Å²) >= 11 is 0. The van der Waals surface area contributed by atoms with Gasteiger partial charge in [0.2, 0.25) is 0 Å². The van der Waals surface area contributed by atoms with E-state index in [4.69, 9.17) is 5.26 Å². The Kier molecular flexibility index (Phi) is 8.32. The molecule has 1 heterocycles. The minimum Gasteiger partial charge on any atom is -0.383 e. The molecule has 196 valence electrons. The van der Waals surface area contributed by atoms with Gasteiger partial charge in [-0.15, -0.1) is 0 Å². The minimum atomic E-state index is -0.499. The van der Waals surface area contributed by atoms with Gasteiger partial charge in [-0.2, -0.15) is 5.26 Å². The quantitative estimate of drug-likeness (QED) is 0.369. The number of hydrogen-bond acceptors (Lipinski definition) is 4. The van der Waals surface area contributed by atoms with Crippen molar-refractivity contribution in [1.82, 2.24) is 10.2 Å². The molecule has 0 spiro atoms. The van der Waals surface area contributed by atoms with Crippen LogP contribution in [-0.2, 0) is 0 Å². The maximum absolute atomic E-state index is 13.3. The van der Waals surface area contributed by atoms with E-state index in [1.807, 2.05) is 92.4 Å². The zero-order valence-electron chi connectivity index (χ0n) is 22.3. The number of anilines is 2. The molecular formula is C31H35N5O2. The van der Waals surface area contributed by atoms with E-state index in [9.17, 15) is 9.59 Å². The number of likely N-dealkylation sites (tertiary alicyclic amines) is 1. The number of benzene rings is 3. The van der Waals surface area contributed by atoms with Crippen LogP contribution in [0.25, 0.3) is 0 Å². The van der Waals surface area contributed by atoms with E-state index in [0.29, 0.717) is 42.4 Å². The van der Waals surface area contributed by atoms with Gasteiger partial charge in [0.1, 0.15) is 0 Å². The second-order valence-corrected chi connectivity index (χ2v) is 10.5. The molecule has 1 saturated heterocycles. The molecule has 0 bridgehead atoms. The highest BCUT2D eigenvalue weighted by atomic mass is 16.2. The molecule has 3 amide bonds. The zero-order chi connectivity index (χ0) is 27.1. The fourth-order valence-corrected chi connectivity index (χ4v) is 4.70. The Labute approximate surface area is 224 Å². The lowest BCUT2D eigenvalue weighted by molar-refractivity contribution is 0.0713. The van der Waals surface area contributed by atoms with E-state index in [-0.39, 0.29) is 11.9 Å². The Hall–Kier alpha value is -4.31. The second kappa shape index (κ2) is 11.8. The van der Waals surface area contributed by atoms with E-state index >= 15 is 0 Å². The number of nitrogens with one attached hydrogen (secondary N) is 3. The number of nitrogens with zero attached hydrogens (tertiary/aromatic N) is 2. The third-order valence-corrected chi connectivity index (χ3v) is 6.99. The summed E-state index contributed by atoms with van der Waals surface area (Å²) in [5, 5.41) is 18.3. The number of carbonyl (C=O) groups is 2. The van der Waals surface area contributed by atoms with Crippen LogP contribution in [0.3, 0.4) is 0 Å². The van der Waals surface area contributed by atoms with Gasteiger partial charge in [-0.05, 0) is 87.1 Å². The van der Waals surface area contributed by atoms with Crippen LogP contribution in [0, 0.1) is 18.3 Å². The van der Waals surface area contributed by atoms with Gasteiger partial charge in [-0.25, -0.2) is 4.79 Å². The van der Waals surface area contributed by atoms with Crippen LogP contribution in [0.15, 0.2) is 72.8 Å². The number of piperidine rings is 1. The van der Waals surface area contributed by atoms with Crippen molar-refractivity contribution in [3.8, 4) is 6.07 Å². The van der Waals surface area contributed by atoms with Gasteiger partial charge >= 0.3 is 6.03 Å². The van der Waals surface area contributed by atoms with Crippen LogP contribution >= 0.6 is 0 Å². The lowest BCUT2D eigenvalue weighted by atomic mass is 9.89. The van der Waals surface area contributed by atoms with Crippen molar-refractivity contribution in [2.45, 2.75) is 45.1 Å². The number of rotatable bonds is 7. The van der Waals surface area contributed by atoms with Gasteiger partial charge in [0.15, 0.2) is 0 Å². The van der Waals surface area contributed by atoms with Crippen LogP contribution < -0.4 is 16.0 Å². The third-order valence-electron chi connectivity index (χ3n) is 6.99. The van der Waals surface area contributed by atoms with Crippen molar-refractivity contribution < 1.29 is 9.59 Å². The summed E-state index contributed by atoms with van der Waals surface area (Å²) in [6.45, 7) is 7.72. The van der Waals surface area contributed by atoms with Crippen molar-refractivity contribution in [2.24, 2.45) is 0 Å². The first-order chi connectivity index (χ1) is 18.2. The number of nitriles is 1. The molecule has 0 unspecified atom stereocenters. The van der Waals surface area contributed by atoms with Gasteiger partial charge < -0.3 is 20.9 Å². The summed E-state index contributed by atoms with van der Waals surface area (Å²) in [5.74, 6) is 0.351. The third kappa shape index (κ3) is 6.92. The van der Waals surface area contributed by atoms with Gasteiger partial charge in [0.25, 0.3) is 5.91 Å². The molecule has 0 aliphatic carbocycles. The average Bonchev–Trinajstić information content (AvgIpc) is 2.93. The highest BCUT2D eigenvalue weighted by molar-refractivity contribution is 5.97. The van der Waals surface area contributed by atoms with E-state index < -0.39 is 5.54 Å². The summed E-state index contributed by atoms with van der Waals surface area (Å²) in [6.07, 6.45) is 1.76. The Morgan fingerprint density at radius 1 is 1.00 bits per heavy atom. The molecule has 0 saturated carbocycles. The van der Waals surface area contributed by atoms with Crippen LogP contribution in [0.1, 0.15) is 59.7 Å². The first kappa shape index (κ1) is 26.7. The molecule has 3 aromatic carbocycles. The normalized spacial score (nSPS) is 13.9. The molecule has 3 N–H and O–H groups in total. The molecule has 1 aliphatic rings. The number of amides is 3. The minimum absolute atomic E-state index is 0.0286. The summed E-state index contributed by atoms with van der Waals surface area (Å²) in [6, 6.07) is 24.9. The monoisotopic (exact) mass is 509 g/mol. The smallest absolute Gasteiger partial charge is 0.319 e. The van der Waals surface area contributed by atoms with Crippen molar-refractivity contribution >= 4 is 23.3 Å². The summed E-state index contributed by atoms with van der Waals surface area (Å²) < 4.78 is 0. The summed E-state index contributed by atoms with van der Waals surface area (Å²) in [4.78, 5) is 28.0. The second-order valence-electron chi connectivity index (χ2n) is 10.5. The van der Waals surface area contributed by atoms with E-state index in [1.54, 1.807) is 6.07 Å².